The molecule has 0 unspecified atom stereocenters. The summed E-state index contributed by atoms with van der Waals surface area (Å²) in [6.07, 6.45) is 1.54. The van der Waals surface area contributed by atoms with Crippen molar-refractivity contribution < 1.29 is 23.5 Å². The molecule has 3 heterocycles. The van der Waals surface area contributed by atoms with E-state index >= 15 is 0 Å². The topological polar surface area (TPSA) is 72.2 Å². The minimum absolute atomic E-state index is 0.00743. The predicted molar refractivity (Wildman–Crippen MR) is 161 cm³/mol. The van der Waals surface area contributed by atoms with Crippen LogP contribution >= 0.6 is 0 Å². The van der Waals surface area contributed by atoms with E-state index in [0.717, 1.165) is 35.2 Å². The predicted octanol–water partition coefficient (Wildman–Crippen LogP) is 7.07. The summed E-state index contributed by atoms with van der Waals surface area (Å²) in [5.74, 6) is 2.30. The fourth-order valence-electron chi connectivity index (χ4n) is 6.24. The normalized spacial score (nSPS) is 15.5. The number of carbonyl (C=O) groups excluding carboxylic acids is 2. The number of benzene rings is 4. The van der Waals surface area contributed by atoms with E-state index in [1.165, 1.54) is 0 Å². The number of para-hydroxylation sites is 2. The number of fused-ring (bicyclic) bond motifs is 3. The van der Waals surface area contributed by atoms with E-state index in [9.17, 15) is 9.59 Å². The van der Waals surface area contributed by atoms with Gasteiger partial charge in [0.1, 0.15) is 22.8 Å². The third-order valence-electron chi connectivity index (χ3n) is 8.49. The number of methoxy groups -OCH3 is 1. The van der Waals surface area contributed by atoms with Crippen molar-refractivity contribution in [3.63, 3.8) is 0 Å². The van der Waals surface area contributed by atoms with Crippen LogP contribution in [0.5, 0.6) is 17.2 Å². The average molecular weight is 559 g/mol. The van der Waals surface area contributed by atoms with Gasteiger partial charge in [-0.1, -0.05) is 36.4 Å². The Kier molecular flexibility index (Phi) is 6.42. The lowest BCUT2D eigenvalue weighted by molar-refractivity contribution is 0.0670. The van der Waals surface area contributed by atoms with Crippen LogP contribution in [0.25, 0.3) is 11.0 Å². The minimum atomic E-state index is -0.217. The zero-order valence-corrected chi connectivity index (χ0v) is 23.3. The number of hydrogen-bond acceptors (Lipinski definition) is 5. The molecular formula is C35H30N2O5. The van der Waals surface area contributed by atoms with Gasteiger partial charge < -0.3 is 23.7 Å². The number of carbonyl (C=O) groups is 2. The highest BCUT2D eigenvalue weighted by molar-refractivity contribution is 6.08. The molecule has 2 aliphatic rings. The molecule has 1 aromatic heterocycles. The van der Waals surface area contributed by atoms with Crippen LogP contribution in [0.4, 0.5) is 5.69 Å². The Morgan fingerprint density at radius 3 is 2.21 bits per heavy atom. The lowest BCUT2D eigenvalue weighted by atomic mass is 9.74. The molecular weight excluding hydrogens is 528 g/mol. The fraction of sp³-hybridized carbons (Fsp3) is 0.200. The molecule has 2 aliphatic heterocycles. The number of likely N-dealkylation sites (tertiary alicyclic amines) is 1. The molecule has 7 nitrogen and oxygen atoms in total. The van der Waals surface area contributed by atoms with Crippen molar-refractivity contribution in [1.82, 2.24) is 4.90 Å². The lowest BCUT2D eigenvalue weighted by Gasteiger charge is -2.40. The molecule has 4 aromatic carbocycles. The Balaban J connectivity index is 1.06. The Bertz CT molecular complexity index is 1770. The molecule has 2 amide bonds. The highest BCUT2D eigenvalue weighted by Gasteiger charge is 2.47. The second kappa shape index (κ2) is 10.4. The molecule has 7 heteroatoms. The molecule has 0 saturated carbocycles. The maximum atomic E-state index is 13.8. The first-order valence-electron chi connectivity index (χ1n) is 14.1. The molecule has 1 fully saturated rings. The summed E-state index contributed by atoms with van der Waals surface area (Å²) in [5, 5.41) is 0.825. The molecule has 42 heavy (non-hydrogen) atoms. The molecule has 210 valence electrons. The number of furan rings is 1. The third-order valence-corrected chi connectivity index (χ3v) is 8.49. The smallest absolute Gasteiger partial charge is 0.294 e. The standard InChI is InChI=1S/C35H30N2O5/c1-40-28-15-16-31-25(21-28)22-32(42-31)34(39)37-23-35(29-9-5-6-10-30(29)37)17-19-36(20-18-35)33(38)24-11-13-27(14-12-24)41-26-7-3-2-4-8-26/h2-16,21-22H,17-20,23H2,1H3. The summed E-state index contributed by atoms with van der Waals surface area (Å²) in [6.45, 7) is 1.78. The van der Waals surface area contributed by atoms with Crippen LogP contribution in [0.15, 0.2) is 108 Å². The maximum Gasteiger partial charge on any atom is 0.294 e. The second-order valence-electron chi connectivity index (χ2n) is 10.9. The van der Waals surface area contributed by atoms with Crippen molar-refractivity contribution in [2.24, 2.45) is 0 Å². The zero-order chi connectivity index (χ0) is 28.7. The monoisotopic (exact) mass is 558 g/mol. The molecule has 1 saturated heterocycles. The first kappa shape index (κ1) is 25.9. The number of nitrogens with zero attached hydrogens (tertiary/aromatic N) is 2. The van der Waals surface area contributed by atoms with E-state index in [2.05, 4.69) is 6.07 Å². The zero-order valence-electron chi connectivity index (χ0n) is 23.3. The molecule has 5 aromatic rings. The Morgan fingerprint density at radius 2 is 1.45 bits per heavy atom. The van der Waals surface area contributed by atoms with Crippen molar-refractivity contribution in [2.75, 3.05) is 31.6 Å². The Hall–Kier alpha value is -5.04. The van der Waals surface area contributed by atoms with Crippen LogP contribution in [0.1, 0.15) is 39.3 Å². The average Bonchev–Trinajstić information content (AvgIpc) is 3.61. The summed E-state index contributed by atoms with van der Waals surface area (Å²) >= 11 is 0. The number of amides is 2. The van der Waals surface area contributed by atoms with Gasteiger partial charge in [-0.25, -0.2) is 0 Å². The first-order chi connectivity index (χ1) is 20.5. The van der Waals surface area contributed by atoms with E-state index in [4.69, 9.17) is 13.9 Å². The van der Waals surface area contributed by atoms with Gasteiger partial charge in [0, 0.05) is 41.7 Å². The van der Waals surface area contributed by atoms with E-state index in [0.29, 0.717) is 48.0 Å². The van der Waals surface area contributed by atoms with Gasteiger partial charge in [-0.2, -0.15) is 0 Å². The summed E-state index contributed by atoms with van der Waals surface area (Å²) < 4.78 is 17.2. The number of piperidine rings is 1. The maximum absolute atomic E-state index is 13.8. The largest absolute Gasteiger partial charge is 0.497 e. The summed E-state index contributed by atoms with van der Waals surface area (Å²) in [6, 6.07) is 32.3. The van der Waals surface area contributed by atoms with Crippen LogP contribution < -0.4 is 14.4 Å². The van der Waals surface area contributed by atoms with Gasteiger partial charge in [0.05, 0.1) is 7.11 Å². The van der Waals surface area contributed by atoms with Crippen molar-refractivity contribution in [2.45, 2.75) is 18.3 Å². The second-order valence-corrected chi connectivity index (χ2v) is 10.9. The first-order valence-corrected chi connectivity index (χ1v) is 14.1. The number of anilines is 1. The van der Waals surface area contributed by atoms with Gasteiger partial charge in [-0.3, -0.25) is 9.59 Å². The van der Waals surface area contributed by atoms with Gasteiger partial charge >= 0.3 is 0 Å². The highest BCUT2D eigenvalue weighted by Crippen LogP contribution is 2.47. The SMILES string of the molecule is COc1ccc2oc(C(=O)N3CC4(CCN(C(=O)c5ccc(Oc6ccccc6)cc5)CC4)c4ccccc43)cc2c1. The summed E-state index contributed by atoms with van der Waals surface area (Å²) in [4.78, 5) is 30.9. The Morgan fingerprint density at radius 1 is 0.762 bits per heavy atom. The number of ether oxygens (including phenoxy) is 2. The Labute approximate surface area is 243 Å². The van der Waals surface area contributed by atoms with E-state index < -0.39 is 0 Å². The van der Waals surface area contributed by atoms with Crippen LogP contribution in [-0.2, 0) is 5.41 Å². The fourth-order valence-corrected chi connectivity index (χ4v) is 6.24. The van der Waals surface area contributed by atoms with E-state index in [1.54, 1.807) is 13.2 Å². The minimum Gasteiger partial charge on any atom is -0.497 e. The van der Waals surface area contributed by atoms with Crippen molar-refractivity contribution in [3.8, 4) is 17.2 Å². The highest BCUT2D eigenvalue weighted by atomic mass is 16.5. The quantitative estimate of drug-likeness (QED) is 0.231. The molecule has 0 bridgehead atoms. The molecule has 0 atom stereocenters. The van der Waals surface area contributed by atoms with Gasteiger partial charge in [0.25, 0.3) is 11.8 Å². The van der Waals surface area contributed by atoms with Crippen molar-refractivity contribution in [3.05, 3.63) is 120 Å². The molecule has 1 spiro atoms. The van der Waals surface area contributed by atoms with E-state index in [-0.39, 0.29) is 17.2 Å². The van der Waals surface area contributed by atoms with Gasteiger partial charge in [0.2, 0.25) is 0 Å². The molecule has 0 radical (unpaired) electrons. The lowest BCUT2D eigenvalue weighted by Crippen LogP contribution is -2.47. The van der Waals surface area contributed by atoms with Crippen molar-refractivity contribution >= 4 is 28.5 Å². The van der Waals surface area contributed by atoms with Crippen LogP contribution in [-0.4, -0.2) is 43.5 Å². The van der Waals surface area contributed by atoms with Gasteiger partial charge in [-0.15, -0.1) is 0 Å². The number of rotatable bonds is 5. The number of hydrogen-bond donors (Lipinski definition) is 0. The van der Waals surface area contributed by atoms with Gasteiger partial charge in [0.15, 0.2) is 5.76 Å². The summed E-state index contributed by atoms with van der Waals surface area (Å²) in [7, 11) is 1.62. The molecule has 7 rings (SSSR count). The molecule has 0 aliphatic carbocycles. The third kappa shape index (κ3) is 4.57. The molecule has 0 N–H and O–H groups in total. The van der Waals surface area contributed by atoms with Crippen molar-refractivity contribution in [1.29, 1.82) is 0 Å². The van der Waals surface area contributed by atoms with Crippen LogP contribution in [0.3, 0.4) is 0 Å². The van der Waals surface area contributed by atoms with Crippen LogP contribution in [0.2, 0.25) is 0 Å². The van der Waals surface area contributed by atoms with Crippen LogP contribution in [0, 0.1) is 0 Å². The van der Waals surface area contributed by atoms with E-state index in [1.807, 2.05) is 101 Å². The summed E-state index contributed by atoms with van der Waals surface area (Å²) in [5.41, 5.74) is 3.13. The van der Waals surface area contributed by atoms with Gasteiger partial charge in [-0.05, 0) is 85.1 Å².